The number of nitrogens with zero attached hydrogens (tertiary/aromatic N) is 3. The molecule has 2 unspecified atom stereocenters. The van der Waals surface area contributed by atoms with Gasteiger partial charge in [-0.25, -0.2) is 9.37 Å². The smallest absolute Gasteiger partial charge is 0.227 e. The summed E-state index contributed by atoms with van der Waals surface area (Å²) in [7, 11) is 0. The van der Waals surface area contributed by atoms with E-state index >= 15 is 0 Å². The van der Waals surface area contributed by atoms with Gasteiger partial charge in [0.25, 0.3) is 0 Å². The summed E-state index contributed by atoms with van der Waals surface area (Å²) >= 11 is 0. The molecule has 2 aliphatic rings. The van der Waals surface area contributed by atoms with Gasteiger partial charge in [-0.1, -0.05) is 42.5 Å². The Morgan fingerprint density at radius 3 is 2.54 bits per heavy atom. The van der Waals surface area contributed by atoms with Crippen molar-refractivity contribution in [2.45, 2.75) is 38.1 Å². The number of fused-ring (bicyclic) bond motifs is 13. The Kier molecular flexibility index (Phi) is 6.04. The van der Waals surface area contributed by atoms with Gasteiger partial charge in [0.15, 0.2) is 29.7 Å². The Balaban J connectivity index is 1.31. The van der Waals surface area contributed by atoms with Gasteiger partial charge in [0.1, 0.15) is 5.82 Å². The van der Waals surface area contributed by atoms with Gasteiger partial charge in [0.2, 0.25) is 17.1 Å². The summed E-state index contributed by atoms with van der Waals surface area (Å²) in [6.45, 7) is 6.72. The minimum Gasteiger partial charge on any atom is -0.437 e. The van der Waals surface area contributed by atoms with Crippen LogP contribution in [-0.2, 0) is 6.42 Å². The van der Waals surface area contributed by atoms with Crippen LogP contribution in [0.5, 0.6) is 0 Å². The Bertz CT molecular complexity index is 2350. The van der Waals surface area contributed by atoms with E-state index < -0.39 is 0 Å². The van der Waals surface area contributed by atoms with Crippen LogP contribution in [0.4, 0.5) is 4.39 Å². The van der Waals surface area contributed by atoms with Crippen molar-refractivity contribution in [3.8, 4) is 33.6 Å². The third-order valence-corrected chi connectivity index (χ3v) is 9.98. The summed E-state index contributed by atoms with van der Waals surface area (Å²) in [5.74, 6) is 0.0565. The number of aryl methyl sites for hydroxylation is 2. The van der Waals surface area contributed by atoms with Crippen molar-refractivity contribution < 1.29 is 17.9 Å². The summed E-state index contributed by atoms with van der Waals surface area (Å²) < 4.78 is 25.3. The molecule has 6 heterocycles. The summed E-state index contributed by atoms with van der Waals surface area (Å²) in [6.07, 6.45) is 6.98. The van der Waals surface area contributed by atoms with Crippen molar-refractivity contribution in [2.75, 3.05) is 0 Å². The van der Waals surface area contributed by atoms with Crippen molar-refractivity contribution in [2.24, 2.45) is 0 Å². The van der Waals surface area contributed by atoms with E-state index in [0.29, 0.717) is 11.6 Å². The topological polar surface area (TPSA) is 33.8 Å². The highest BCUT2D eigenvalue weighted by molar-refractivity contribution is 6.09. The molecule has 3 aromatic carbocycles. The van der Waals surface area contributed by atoms with Gasteiger partial charge in [-0.3, -0.25) is 0 Å². The number of rotatable bonds is 1. The number of hydrogen-bond acceptors (Lipinski definition) is 2. The predicted octanol–water partition coefficient (Wildman–Crippen LogP) is 9.15. The van der Waals surface area contributed by atoms with Crippen LogP contribution in [0.15, 0.2) is 127 Å². The van der Waals surface area contributed by atoms with Gasteiger partial charge >= 0.3 is 0 Å². The van der Waals surface area contributed by atoms with E-state index in [4.69, 9.17) is 16.0 Å². The second-order valence-corrected chi connectivity index (χ2v) is 12.6. The molecular weight excluding hydrogens is 569 g/mol. The minimum atomic E-state index is -0.246. The molecule has 46 heavy (non-hydrogen) atoms. The van der Waals surface area contributed by atoms with E-state index in [-0.39, 0.29) is 11.9 Å². The molecule has 7 aromatic rings. The molecule has 9 rings (SSSR count). The van der Waals surface area contributed by atoms with Crippen molar-refractivity contribution >= 4 is 27.8 Å². The first-order chi connectivity index (χ1) is 22.5. The van der Waals surface area contributed by atoms with E-state index in [0.717, 1.165) is 69.4 Å². The molecular formula is C41H32FN3O+2. The summed E-state index contributed by atoms with van der Waals surface area (Å²) in [5, 5.41) is 2.06. The number of benzene rings is 3. The maximum Gasteiger partial charge on any atom is 0.227 e. The number of halogens is 1. The second kappa shape index (κ2) is 10.3. The fraction of sp³-hybridized carbons (Fsp3) is 0.146. The fourth-order valence-corrected chi connectivity index (χ4v) is 7.80. The average molecular weight is 602 g/mol. The standard InChI is InChI=1S/C41H32FN3O/c1-25-10-17-35-34-19-14-28-13-18-33-31-7-3-4-8-32(31)36-9-5-6-21-45(36)37(33)23-26(2)44-22-20-29(27-11-15-30(42)16-12-27)24-38(44)39(28)40(34)46-41(35)43-25/h3-12,14-17,19-22,24,33,37H,2,13,18,23H2,1H3/q+2. The number of allylic oxidation sites excluding steroid dienone is 1. The Morgan fingerprint density at radius 2 is 1.65 bits per heavy atom. The number of aromatic nitrogens is 3. The average Bonchev–Trinajstić information content (AvgIpc) is 3.45. The van der Waals surface area contributed by atoms with Gasteiger partial charge in [-0.05, 0) is 85.0 Å². The summed E-state index contributed by atoms with van der Waals surface area (Å²) in [4.78, 5) is 4.75. The lowest BCUT2D eigenvalue weighted by Gasteiger charge is -2.31. The van der Waals surface area contributed by atoms with E-state index in [1.807, 2.05) is 25.1 Å². The van der Waals surface area contributed by atoms with Crippen LogP contribution >= 0.6 is 0 Å². The Hall–Kier alpha value is -5.42. The van der Waals surface area contributed by atoms with Crippen molar-refractivity contribution in [1.29, 1.82) is 0 Å². The fourth-order valence-electron chi connectivity index (χ4n) is 7.80. The first kappa shape index (κ1) is 26.9. The maximum atomic E-state index is 13.9. The third-order valence-electron chi connectivity index (χ3n) is 9.98. The molecule has 2 atom stereocenters. The lowest BCUT2D eigenvalue weighted by molar-refractivity contribution is -0.720. The van der Waals surface area contributed by atoms with Crippen molar-refractivity contribution in [1.82, 2.24) is 4.98 Å². The molecule has 4 nitrogen and oxygen atoms in total. The number of furan rings is 1. The summed E-state index contributed by atoms with van der Waals surface area (Å²) in [5.41, 5.74) is 12.6. The molecule has 0 aliphatic carbocycles. The molecule has 4 aromatic heterocycles. The van der Waals surface area contributed by atoms with Crippen LogP contribution < -0.4 is 9.13 Å². The zero-order valence-electron chi connectivity index (χ0n) is 25.6. The predicted molar refractivity (Wildman–Crippen MR) is 179 cm³/mol. The number of hydrogen-bond donors (Lipinski definition) is 0. The van der Waals surface area contributed by atoms with E-state index in [9.17, 15) is 4.39 Å². The lowest BCUT2D eigenvalue weighted by Crippen LogP contribution is -2.49. The van der Waals surface area contributed by atoms with Gasteiger partial charge in [0.05, 0.1) is 12.0 Å². The molecule has 0 N–H and O–H groups in total. The molecule has 2 aliphatic heterocycles. The van der Waals surface area contributed by atoms with Gasteiger partial charge in [-0.15, -0.1) is 0 Å². The maximum absolute atomic E-state index is 13.9. The van der Waals surface area contributed by atoms with E-state index in [2.05, 4.69) is 94.3 Å². The highest BCUT2D eigenvalue weighted by Crippen LogP contribution is 2.45. The third kappa shape index (κ3) is 4.15. The van der Waals surface area contributed by atoms with Crippen LogP contribution in [0.3, 0.4) is 0 Å². The molecule has 5 heteroatoms. The number of pyridine rings is 3. The van der Waals surface area contributed by atoms with E-state index in [1.54, 1.807) is 0 Å². The van der Waals surface area contributed by atoms with Gasteiger partial charge < -0.3 is 4.42 Å². The molecule has 0 amide bonds. The second-order valence-electron chi connectivity index (χ2n) is 12.6. The zero-order valence-corrected chi connectivity index (χ0v) is 25.6. The molecule has 0 saturated carbocycles. The van der Waals surface area contributed by atoms with Crippen LogP contribution in [0.2, 0.25) is 0 Å². The normalized spacial score (nSPS) is 17.1. The van der Waals surface area contributed by atoms with Gasteiger partial charge in [0, 0.05) is 52.2 Å². The minimum absolute atomic E-state index is 0.208. The van der Waals surface area contributed by atoms with Gasteiger partial charge in [-0.2, -0.15) is 9.13 Å². The van der Waals surface area contributed by atoms with Crippen LogP contribution in [-0.4, -0.2) is 4.98 Å². The molecule has 222 valence electrons. The van der Waals surface area contributed by atoms with Crippen molar-refractivity contribution in [3.63, 3.8) is 0 Å². The molecule has 0 bridgehead atoms. The Labute approximate surface area is 266 Å². The van der Waals surface area contributed by atoms with Crippen molar-refractivity contribution in [3.05, 3.63) is 145 Å². The molecule has 0 radical (unpaired) electrons. The largest absolute Gasteiger partial charge is 0.437 e. The molecule has 0 saturated heterocycles. The van der Waals surface area contributed by atoms with Crippen LogP contribution in [0.1, 0.15) is 41.6 Å². The highest BCUT2D eigenvalue weighted by atomic mass is 19.1. The highest BCUT2D eigenvalue weighted by Gasteiger charge is 2.42. The Morgan fingerprint density at radius 1 is 0.826 bits per heavy atom. The lowest BCUT2D eigenvalue weighted by atomic mass is 9.77. The van der Waals surface area contributed by atoms with Crippen LogP contribution in [0.25, 0.3) is 61.4 Å². The zero-order chi connectivity index (χ0) is 30.9. The first-order valence-corrected chi connectivity index (χ1v) is 15.9. The monoisotopic (exact) mass is 601 g/mol. The quantitative estimate of drug-likeness (QED) is 0.176. The van der Waals surface area contributed by atoms with Crippen LogP contribution in [0, 0.1) is 12.7 Å². The molecule has 0 fully saturated rings. The molecule has 0 spiro atoms. The first-order valence-electron chi connectivity index (χ1n) is 15.9. The SMILES string of the molecule is C=C1CC2C(CCc3ccc4c(oc5nc(C)ccc54)c3-c3cc(-c4ccc(F)cc4)cc[n+]31)c1ccccc1-c1cccc[n+]12. The van der Waals surface area contributed by atoms with E-state index in [1.165, 1.54) is 34.5 Å². The summed E-state index contributed by atoms with van der Waals surface area (Å²) in [6, 6.07) is 35.2.